The van der Waals surface area contributed by atoms with E-state index in [2.05, 4.69) is 16.0 Å². The fourth-order valence-electron chi connectivity index (χ4n) is 3.97. The summed E-state index contributed by atoms with van der Waals surface area (Å²) in [6, 6.07) is 5.06. The van der Waals surface area contributed by atoms with E-state index < -0.39 is 17.6 Å². The SMILES string of the molecule is CC(C)(C)OC(=O)NCCNc1cccc2c1C(=O)C(CCC1CCC(=O)NC1=O)C2=O. The molecule has 1 fully saturated rings. The average Bonchev–Trinajstić information content (AvgIpc) is 2.94. The van der Waals surface area contributed by atoms with Gasteiger partial charge in [0.2, 0.25) is 11.8 Å². The van der Waals surface area contributed by atoms with Crippen molar-refractivity contribution in [3.8, 4) is 0 Å². The van der Waals surface area contributed by atoms with Crippen LogP contribution in [-0.2, 0) is 14.3 Å². The first kappa shape index (κ1) is 23.4. The summed E-state index contributed by atoms with van der Waals surface area (Å²) < 4.78 is 5.18. The molecule has 1 aromatic rings. The van der Waals surface area contributed by atoms with Gasteiger partial charge in [-0.1, -0.05) is 12.1 Å². The highest BCUT2D eigenvalue weighted by atomic mass is 16.6. The Morgan fingerprint density at radius 2 is 1.84 bits per heavy atom. The number of hydrogen-bond acceptors (Lipinski definition) is 7. The van der Waals surface area contributed by atoms with Gasteiger partial charge in [0.25, 0.3) is 0 Å². The third kappa shape index (κ3) is 5.52. The molecular weight excluding hydrogens is 414 g/mol. The quantitative estimate of drug-likeness (QED) is 0.335. The Labute approximate surface area is 186 Å². The van der Waals surface area contributed by atoms with Crippen LogP contribution in [0.3, 0.4) is 0 Å². The molecule has 1 aliphatic carbocycles. The highest BCUT2D eigenvalue weighted by Crippen LogP contribution is 2.35. The first-order valence-electron chi connectivity index (χ1n) is 10.8. The number of piperidine rings is 1. The predicted octanol–water partition coefficient (Wildman–Crippen LogP) is 2.45. The van der Waals surface area contributed by atoms with Gasteiger partial charge in [0.05, 0.1) is 11.5 Å². The van der Waals surface area contributed by atoms with Crippen molar-refractivity contribution in [1.82, 2.24) is 10.6 Å². The molecule has 0 aromatic heterocycles. The fraction of sp³-hybridized carbons (Fsp3) is 0.522. The van der Waals surface area contributed by atoms with E-state index in [1.807, 2.05) is 0 Å². The standard InChI is InChI=1S/C23H29N3O6/c1-23(2,3)32-22(31)25-12-11-24-16-6-4-5-14-18(16)20(29)15(19(14)28)9-7-13-8-10-17(27)26-21(13)30/h4-6,13,15,24H,7-12H2,1-3H3,(H,25,31)(H,26,27,30). The summed E-state index contributed by atoms with van der Waals surface area (Å²) in [4.78, 5) is 60.9. The molecule has 172 valence electrons. The zero-order chi connectivity index (χ0) is 23.5. The minimum atomic E-state index is -0.821. The number of Topliss-reactive ketones (excluding diaryl/α,β-unsaturated/α-hetero) is 2. The molecule has 1 aliphatic heterocycles. The molecule has 1 aromatic carbocycles. The van der Waals surface area contributed by atoms with Gasteiger partial charge in [-0.25, -0.2) is 4.79 Å². The van der Waals surface area contributed by atoms with Crippen LogP contribution < -0.4 is 16.0 Å². The second-order valence-electron chi connectivity index (χ2n) is 9.09. The molecule has 2 atom stereocenters. The number of imide groups is 1. The Morgan fingerprint density at radius 3 is 2.53 bits per heavy atom. The summed E-state index contributed by atoms with van der Waals surface area (Å²) in [5, 5.41) is 8.05. The predicted molar refractivity (Wildman–Crippen MR) is 116 cm³/mol. The van der Waals surface area contributed by atoms with Crippen molar-refractivity contribution in [2.45, 2.75) is 52.1 Å². The van der Waals surface area contributed by atoms with Crippen LogP contribution >= 0.6 is 0 Å². The minimum absolute atomic E-state index is 0.243. The summed E-state index contributed by atoms with van der Waals surface area (Å²) in [6.07, 6.45) is 0.812. The van der Waals surface area contributed by atoms with E-state index in [-0.39, 0.29) is 48.7 Å². The molecule has 9 heteroatoms. The first-order chi connectivity index (χ1) is 15.1. The van der Waals surface area contributed by atoms with Crippen molar-refractivity contribution < 1.29 is 28.7 Å². The summed E-state index contributed by atoms with van der Waals surface area (Å²) in [5.74, 6) is -2.32. The van der Waals surface area contributed by atoms with Crippen LogP contribution in [0.25, 0.3) is 0 Å². The summed E-state index contributed by atoms with van der Waals surface area (Å²) in [5.41, 5.74) is 0.666. The zero-order valence-electron chi connectivity index (χ0n) is 18.6. The first-order valence-corrected chi connectivity index (χ1v) is 10.8. The Morgan fingerprint density at radius 1 is 1.09 bits per heavy atom. The number of carbonyl (C=O) groups is 5. The van der Waals surface area contributed by atoms with Crippen LogP contribution in [0.1, 0.15) is 67.2 Å². The fourth-order valence-corrected chi connectivity index (χ4v) is 3.97. The molecule has 3 amide bonds. The van der Waals surface area contributed by atoms with Crippen molar-refractivity contribution in [3.05, 3.63) is 29.3 Å². The maximum atomic E-state index is 13.0. The van der Waals surface area contributed by atoms with Crippen LogP contribution in [-0.4, -0.2) is 48.2 Å². The van der Waals surface area contributed by atoms with Crippen LogP contribution in [0.5, 0.6) is 0 Å². The third-order valence-electron chi connectivity index (χ3n) is 5.48. The largest absolute Gasteiger partial charge is 0.444 e. The maximum absolute atomic E-state index is 13.0. The number of hydrogen-bond donors (Lipinski definition) is 3. The van der Waals surface area contributed by atoms with E-state index in [1.54, 1.807) is 39.0 Å². The van der Waals surface area contributed by atoms with Gasteiger partial charge in [0, 0.05) is 36.7 Å². The lowest BCUT2D eigenvalue weighted by Crippen LogP contribution is -2.40. The number of amides is 3. The number of ether oxygens (including phenoxy) is 1. The van der Waals surface area contributed by atoms with E-state index in [1.165, 1.54) is 0 Å². The Kier molecular flexibility index (Phi) is 6.96. The number of benzene rings is 1. The molecular formula is C23H29N3O6. The van der Waals surface area contributed by atoms with Crippen molar-refractivity contribution >= 4 is 35.2 Å². The molecule has 9 nitrogen and oxygen atoms in total. The van der Waals surface area contributed by atoms with E-state index in [4.69, 9.17) is 4.74 Å². The number of anilines is 1. The summed E-state index contributed by atoms with van der Waals surface area (Å²) >= 11 is 0. The van der Waals surface area contributed by atoms with Crippen molar-refractivity contribution in [2.24, 2.45) is 11.8 Å². The topological polar surface area (TPSA) is 131 Å². The van der Waals surface area contributed by atoms with Crippen molar-refractivity contribution in [2.75, 3.05) is 18.4 Å². The highest BCUT2D eigenvalue weighted by molar-refractivity contribution is 6.28. The minimum Gasteiger partial charge on any atom is -0.444 e. The average molecular weight is 444 g/mol. The summed E-state index contributed by atoms with van der Waals surface area (Å²) in [6.45, 7) is 5.95. The lowest BCUT2D eigenvalue weighted by molar-refractivity contribution is -0.136. The van der Waals surface area contributed by atoms with Gasteiger partial charge in [-0.3, -0.25) is 24.5 Å². The van der Waals surface area contributed by atoms with Crippen molar-refractivity contribution in [3.63, 3.8) is 0 Å². The molecule has 1 saturated heterocycles. The zero-order valence-corrected chi connectivity index (χ0v) is 18.6. The van der Waals surface area contributed by atoms with Gasteiger partial charge in [0.1, 0.15) is 5.60 Å². The highest BCUT2D eigenvalue weighted by Gasteiger charge is 2.40. The van der Waals surface area contributed by atoms with E-state index in [9.17, 15) is 24.0 Å². The number of alkyl carbamates (subject to hydrolysis) is 1. The number of ketones is 2. The van der Waals surface area contributed by atoms with Crippen LogP contribution in [0.4, 0.5) is 10.5 Å². The van der Waals surface area contributed by atoms with Crippen LogP contribution in [0, 0.1) is 11.8 Å². The van der Waals surface area contributed by atoms with Gasteiger partial charge in [-0.15, -0.1) is 0 Å². The van der Waals surface area contributed by atoms with E-state index >= 15 is 0 Å². The lowest BCUT2D eigenvalue weighted by Gasteiger charge is -2.21. The molecule has 32 heavy (non-hydrogen) atoms. The molecule has 0 spiro atoms. The van der Waals surface area contributed by atoms with Gasteiger partial charge in [-0.05, 0) is 46.1 Å². The number of fused-ring (bicyclic) bond motifs is 1. The van der Waals surface area contributed by atoms with Crippen molar-refractivity contribution in [1.29, 1.82) is 0 Å². The number of nitrogens with one attached hydrogen (secondary N) is 3. The van der Waals surface area contributed by atoms with E-state index in [0.717, 1.165) is 0 Å². The number of rotatable bonds is 7. The smallest absolute Gasteiger partial charge is 0.407 e. The van der Waals surface area contributed by atoms with Gasteiger partial charge in [0.15, 0.2) is 11.6 Å². The lowest BCUT2D eigenvalue weighted by atomic mass is 9.88. The molecule has 0 bridgehead atoms. The monoisotopic (exact) mass is 443 g/mol. The molecule has 0 saturated carbocycles. The Balaban J connectivity index is 1.58. The Bertz CT molecular complexity index is 950. The Hall–Kier alpha value is -3.23. The molecule has 1 heterocycles. The molecule has 3 rings (SSSR count). The van der Waals surface area contributed by atoms with E-state index in [0.29, 0.717) is 36.2 Å². The molecule has 2 unspecified atom stereocenters. The maximum Gasteiger partial charge on any atom is 0.407 e. The number of carbonyl (C=O) groups excluding carboxylic acids is 5. The van der Waals surface area contributed by atoms with Crippen LogP contribution in [0.2, 0.25) is 0 Å². The normalized spacial score (nSPS) is 20.6. The third-order valence-corrected chi connectivity index (χ3v) is 5.48. The second kappa shape index (κ2) is 9.50. The van der Waals surface area contributed by atoms with Gasteiger partial charge in [-0.2, -0.15) is 0 Å². The molecule has 3 N–H and O–H groups in total. The molecule has 0 radical (unpaired) electrons. The van der Waals surface area contributed by atoms with Crippen LogP contribution in [0.15, 0.2) is 18.2 Å². The second-order valence-corrected chi connectivity index (χ2v) is 9.09. The van der Waals surface area contributed by atoms with Gasteiger partial charge < -0.3 is 15.4 Å². The molecule has 2 aliphatic rings. The van der Waals surface area contributed by atoms with Gasteiger partial charge >= 0.3 is 6.09 Å². The summed E-state index contributed by atoms with van der Waals surface area (Å²) in [7, 11) is 0.